The van der Waals surface area contributed by atoms with Gasteiger partial charge in [0.2, 0.25) is 5.91 Å². The number of hydrogen-bond acceptors (Lipinski definition) is 4. The molecule has 72 valence electrons. The summed E-state index contributed by atoms with van der Waals surface area (Å²) in [6, 6.07) is -1.15. The summed E-state index contributed by atoms with van der Waals surface area (Å²) < 4.78 is 0. The van der Waals surface area contributed by atoms with Crippen molar-refractivity contribution in [1.29, 1.82) is 0 Å². The first-order chi connectivity index (χ1) is 6.13. The van der Waals surface area contributed by atoms with Crippen molar-refractivity contribution in [3.05, 3.63) is 0 Å². The van der Waals surface area contributed by atoms with Crippen molar-refractivity contribution in [1.82, 2.24) is 4.90 Å². The van der Waals surface area contributed by atoms with E-state index in [9.17, 15) is 9.59 Å². The zero-order valence-corrected chi connectivity index (χ0v) is 7.66. The van der Waals surface area contributed by atoms with Gasteiger partial charge in [-0.2, -0.15) is 0 Å². The van der Waals surface area contributed by atoms with Gasteiger partial charge in [-0.25, -0.2) is 4.79 Å². The van der Waals surface area contributed by atoms with E-state index < -0.39 is 18.1 Å². The average molecular weight is 202 g/mol. The van der Waals surface area contributed by atoms with E-state index in [1.54, 1.807) is 11.8 Å². The summed E-state index contributed by atoms with van der Waals surface area (Å²) in [5, 5.41) is 8.71. The van der Waals surface area contributed by atoms with Crippen LogP contribution in [-0.2, 0) is 9.59 Å². The number of carbonyl (C=O) groups excluding carboxylic acids is 1. The molecule has 0 bridgehead atoms. The minimum atomic E-state index is -0.925. The molecule has 2 fully saturated rings. The fraction of sp³-hybridized carbons (Fsp3) is 0.714. The first-order valence-corrected chi connectivity index (χ1v) is 5.10. The number of β-lactam (4-membered cyclic amide) rings is 1. The minimum Gasteiger partial charge on any atom is -0.480 e. The molecule has 0 aromatic heterocycles. The molecule has 0 aromatic carbocycles. The van der Waals surface area contributed by atoms with Gasteiger partial charge >= 0.3 is 5.97 Å². The largest absolute Gasteiger partial charge is 0.480 e. The zero-order chi connectivity index (χ0) is 9.59. The number of fused-ring (bicyclic) bond motifs is 1. The Labute approximate surface area is 79.3 Å². The number of amides is 1. The Balaban J connectivity index is 2.16. The van der Waals surface area contributed by atoms with Gasteiger partial charge in [-0.3, -0.25) is 4.79 Å². The van der Waals surface area contributed by atoms with Gasteiger partial charge in [0.15, 0.2) is 0 Å². The maximum atomic E-state index is 11.2. The molecular weight excluding hydrogens is 192 g/mol. The predicted octanol–water partition coefficient (Wildman–Crippen LogP) is -0.928. The first kappa shape index (κ1) is 8.83. The average Bonchev–Trinajstić information content (AvgIpc) is 2.15. The van der Waals surface area contributed by atoms with E-state index in [0.717, 1.165) is 5.75 Å². The lowest BCUT2D eigenvalue weighted by molar-refractivity contribution is -0.160. The van der Waals surface area contributed by atoms with Gasteiger partial charge in [-0.05, 0) is 12.2 Å². The third-order valence-corrected chi connectivity index (χ3v) is 3.76. The number of carboxylic acid groups (broad SMARTS) is 1. The molecular formula is C7H10N2O3S. The van der Waals surface area contributed by atoms with Gasteiger partial charge in [-0.15, -0.1) is 11.8 Å². The highest BCUT2D eigenvalue weighted by atomic mass is 32.2. The van der Waals surface area contributed by atoms with Crippen LogP contribution in [0.25, 0.3) is 0 Å². The summed E-state index contributed by atoms with van der Waals surface area (Å²) in [7, 11) is 0. The van der Waals surface area contributed by atoms with E-state index in [1.165, 1.54) is 4.90 Å². The summed E-state index contributed by atoms with van der Waals surface area (Å²) in [6.45, 7) is 0. The predicted molar refractivity (Wildman–Crippen MR) is 47.1 cm³/mol. The Kier molecular flexibility index (Phi) is 1.96. The Morgan fingerprint density at radius 1 is 1.69 bits per heavy atom. The molecule has 0 saturated carbocycles. The molecule has 2 saturated heterocycles. The van der Waals surface area contributed by atoms with Crippen LogP contribution < -0.4 is 5.73 Å². The van der Waals surface area contributed by atoms with E-state index in [2.05, 4.69) is 0 Å². The van der Waals surface area contributed by atoms with Gasteiger partial charge in [0, 0.05) is 0 Å². The van der Waals surface area contributed by atoms with E-state index in [-0.39, 0.29) is 11.3 Å². The van der Waals surface area contributed by atoms with Crippen molar-refractivity contribution in [2.24, 2.45) is 5.73 Å². The maximum Gasteiger partial charge on any atom is 0.326 e. The molecule has 2 rings (SSSR count). The SMILES string of the molecule is N[C@@H]1C(=O)N2[C@@H]1SCC[C@H]2C(=O)O. The Bertz CT molecular complexity index is 270. The molecule has 0 aromatic rings. The number of carbonyl (C=O) groups is 2. The van der Waals surface area contributed by atoms with Crippen molar-refractivity contribution in [3.63, 3.8) is 0 Å². The van der Waals surface area contributed by atoms with Crippen molar-refractivity contribution in [3.8, 4) is 0 Å². The monoisotopic (exact) mass is 202 g/mol. The van der Waals surface area contributed by atoms with Crippen LogP contribution >= 0.6 is 11.8 Å². The number of thioether (sulfide) groups is 1. The Morgan fingerprint density at radius 3 is 3.00 bits per heavy atom. The maximum absolute atomic E-state index is 11.2. The third kappa shape index (κ3) is 1.13. The van der Waals surface area contributed by atoms with Crippen molar-refractivity contribution >= 4 is 23.6 Å². The van der Waals surface area contributed by atoms with Crippen LogP contribution in [-0.4, -0.2) is 45.1 Å². The second-order valence-electron chi connectivity index (χ2n) is 3.18. The second-order valence-corrected chi connectivity index (χ2v) is 4.40. The lowest BCUT2D eigenvalue weighted by Crippen LogP contribution is -2.72. The minimum absolute atomic E-state index is 0.109. The van der Waals surface area contributed by atoms with Crippen LogP contribution in [0.5, 0.6) is 0 Å². The molecule has 1 amide bonds. The molecule has 0 unspecified atom stereocenters. The van der Waals surface area contributed by atoms with Crippen LogP contribution in [0.1, 0.15) is 6.42 Å². The highest BCUT2D eigenvalue weighted by molar-refractivity contribution is 8.00. The van der Waals surface area contributed by atoms with Crippen LogP contribution in [0.15, 0.2) is 0 Å². The van der Waals surface area contributed by atoms with E-state index in [0.29, 0.717) is 6.42 Å². The summed E-state index contributed by atoms with van der Waals surface area (Å²) in [6.07, 6.45) is 0.523. The standard InChI is InChI=1S/C7H10N2O3S/c8-4-5(10)9-3(7(11)12)1-2-13-6(4)9/h3-4,6H,1-2,8H2,(H,11,12)/t3-,4+,6+/m0/s1. The quantitative estimate of drug-likeness (QED) is 0.537. The normalized spacial score (nSPS) is 38.1. The number of carboxylic acids is 1. The molecule has 0 spiro atoms. The number of nitrogens with zero attached hydrogens (tertiary/aromatic N) is 1. The van der Waals surface area contributed by atoms with Gasteiger partial charge in [0.1, 0.15) is 17.5 Å². The topological polar surface area (TPSA) is 83.6 Å². The molecule has 5 nitrogen and oxygen atoms in total. The first-order valence-electron chi connectivity index (χ1n) is 4.05. The lowest BCUT2D eigenvalue weighted by Gasteiger charge is -2.50. The molecule has 13 heavy (non-hydrogen) atoms. The van der Waals surface area contributed by atoms with E-state index in [4.69, 9.17) is 10.8 Å². The Hall–Kier alpha value is -0.750. The second kappa shape index (κ2) is 2.88. The molecule has 2 aliphatic rings. The fourth-order valence-corrected chi connectivity index (χ4v) is 3.04. The molecule has 0 aliphatic carbocycles. The fourth-order valence-electron chi connectivity index (χ4n) is 1.71. The molecule has 2 aliphatic heterocycles. The van der Waals surface area contributed by atoms with Crippen LogP contribution in [0.4, 0.5) is 0 Å². The molecule has 0 radical (unpaired) electrons. The van der Waals surface area contributed by atoms with Crippen molar-refractivity contribution in [2.75, 3.05) is 5.75 Å². The number of rotatable bonds is 1. The zero-order valence-electron chi connectivity index (χ0n) is 6.84. The molecule has 6 heteroatoms. The molecule has 2 heterocycles. The van der Waals surface area contributed by atoms with Gasteiger partial charge < -0.3 is 15.7 Å². The molecule has 3 N–H and O–H groups in total. The van der Waals surface area contributed by atoms with Crippen molar-refractivity contribution in [2.45, 2.75) is 23.9 Å². The van der Waals surface area contributed by atoms with E-state index in [1.807, 2.05) is 0 Å². The van der Waals surface area contributed by atoms with Gasteiger partial charge in [0.25, 0.3) is 0 Å². The van der Waals surface area contributed by atoms with Crippen LogP contribution in [0.2, 0.25) is 0 Å². The Morgan fingerprint density at radius 2 is 2.38 bits per heavy atom. The van der Waals surface area contributed by atoms with Crippen LogP contribution in [0.3, 0.4) is 0 Å². The number of aliphatic carboxylic acids is 1. The summed E-state index contributed by atoms with van der Waals surface area (Å²) >= 11 is 1.56. The third-order valence-electron chi connectivity index (χ3n) is 2.42. The lowest BCUT2D eigenvalue weighted by atomic mass is 10.0. The van der Waals surface area contributed by atoms with Gasteiger partial charge in [0.05, 0.1) is 0 Å². The number of nitrogens with two attached hydrogens (primary N) is 1. The summed E-state index contributed by atoms with van der Waals surface area (Å²) in [5.41, 5.74) is 5.53. The highest BCUT2D eigenvalue weighted by Crippen LogP contribution is 2.36. The summed E-state index contributed by atoms with van der Waals surface area (Å²) in [5.74, 6) is -0.394. The number of hydrogen-bond donors (Lipinski definition) is 2. The van der Waals surface area contributed by atoms with Gasteiger partial charge in [-0.1, -0.05) is 0 Å². The van der Waals surface area contributed by atoms with Crippen LogP contribution in [0, 0.1) is 0 Å². The van der Waals surface area contributed by atoms with E-state index >= 15 is 0 Å². The highest BCUT2D eigenvalue weighted by Gasteiger charge is 2.52. The molecule has 3 atom stereocenters. The van der Waals surface area contributed by atoms with Crippen molar-refractivity contribution < 1.29 is 14.7 Å². The summed E-state index contributed by atoms with van der Waals surface area (Å²) in [4.78, 5) is 23.4. The smallest absolute Gasteiger partial charge is 0.326 e.